The largest absolute Gasteiger partial charge is 0.477 e. The molecule has 0 radical (unpaired) electrons. The van der Waals surface area contributed by atoms with E-state index in [4.69, 9.17) is 5.11 Å². The van der Waals surface area contributed by atoms with Crippen LogP contribution >= 0.6 is 11.3 Å². The Kier molecular flexibility index (Phi) is 4.95. The lowest BCUT2D eigenvalue weighted by Crippen LogP contribution is -2.26. The van der Waals surface area contributed by atoms with E-state index >= 15 is 0 Å². The van der Waals surface area contributed by atoms with Crippen molar-refractivity contribution in [3.63, 3.8) is 0 Å². The van der Waals surface area contributed by atoms with E-state index in [2.05, 4.69) is 10.8 Å². The highest BCUT2D eigenvalue weighted by Crippen LogP contribution is 2.23. The van der Waals surface area contributed by atoms with E-state index in [1.165, 1.54) is 23.4 Å². The molecule has 110 valence electrons. The average molecular weight is 315 g/mol. The van der Waals surface area contributed by atoms with Crippen LogP contribution in [-0.4, -0.2) is 26.0 Å². The van der Waals surface area contributed by atoms with Gasteiger partial charge < -0.3 is 5.11 Å². The molecule has 20 heavy (non-hydrogen) atoms. The Balaban J connectivity index is 1.99. The molecule has 7 heteroatoms. The number of carbonyl (C=O) groups is 1. The van der Waals surface area contributed by atoms with Crippen LogP contribution in [0.3, 0.4) is 0 Å². The summed E-state index contributed by atoms with van der Waals surface area (Å²) in [6, 6.07) is 1.33. The molecule has 0 unspecified atom stereocenters. The van der Waals surface area contributed by atoms with Crippen LogP contribution in [0.5, 0.6) is 0 Å². The SMILES string of the molecule is O=C(O)c1sccc1S(=O)(=O)NCCC1=CCCCC1. The molecule has 0 amide bonds. The topological polar surface area (TPSA) is 83.5 Å². The van der Waals surface area contributed by atoms with Crippen LogP contribution in [0.25, 0.3) is 0 Å². The van der Waals surface area contributed by atoms with Crippen LogP contribution in [0.2, 0.25) is 0 Å². The first kappa shape index (κ1) is 15.2. The van der Waals surface area contributed by atoms with Crippen LogP contribution in [0.1, 0.15) is 41.8 Å². The molecule has 0 saturated heterocycles. The number of rotatable bonds is 6. The van der Waals surface area contributed by atoms with E-state index in [-0.39, 0.29) is 9.77 Å². The highest BCUT2D eigenvalue weighted by Gasteiger charge is 2.23. The minimum absolute atomic E-state index is 0.144. The zero-order valence-electron chi connectivity index (χ0n) is 11.0. The predicted molar refractivity (Wildman–Crippen MR) is 77.6 cm³/mol. The first-order chi connectivity index (χ1) is 9.50. The van der Waals surface area contributed by atoms with Crippen LogP contribution < -0.4 is 4.72 Å². The Bertz CT molecular complexity index is 616. The zero-order valence-corrected chi connectivity index (χ0v) is 12.6. The molecular weight excluding hydrogens is 298 g/mol. The molecule has 0 saturated carbocycles. The van der Waals surface area contributed by atoms with Crippen LogP contribution in [0.4, 0.5) is 0 Å². The summed E-state index contributed by atoms with van der Waals surface area (Å²) < 4.78 is 26.6. The van der Waals surface area contributed by atoms with E-state index in [1.54, 1.807) is 0 Å². The normalized spacial score (nSPS) is 15.9. The second-order valence-corrected chi connectivity index (χ2v) is 7.33. The summed E-state index contributed by atoms with van der Waals surface area (Å²) in [6.45, 7) is 0.309. The van der Waals surface area contributed by atoms with E-state index in [0.717, 1.165) is 30.6 Å². The molecule has 2 rings (SSSR count). The van der Waals surface area contributed by atoms with Crippen molar-refractivity contribution >= 4 is 27.3 Å². The fourth-order valence-corrected chi connectivity index (χ4v) is 4.51. The summed E-state index contributed by atoms with van der Waals surface area (Å²) in [6.07, 6.45) is 7.31. The fourth-order valence-electron chi connectivity index (χ4n) is 2.22. The zero-order chi connectivity index (χ0) is 14.6. The molecule has 2 N–H and O–H groups in total. The summed E-state index contributed by atoms with van der Waals surface area (Å²) in [7, 11) is -3.74. The standard InChI is InChI=1S/C13H17NO4S2/c15-13(16)12-11(7-9-19-12)20(17,18)14-8-6-10-4-2-1-3-5-10/h4,7,9,14H,1-3,5-6,8H2,(H,15,16). The van der Waals surface area contributed by atoms with Gasteiger partial charge in [0.25, 0.3) is 0 Å². The molecule has 0 fully saturated rings. The Labute approximate surface area is 122 Å². The van der Waals surface area contributed by atoms with Gasteiger partial charge in [0.05, 0.1) is 0 Å². The summed E-state index contributed by atoms with van der Waals surface area (Å²) in [4.78, 5) is 10.7. The van der Waals surface area contributed by atoms with Crippen LogP contribution in [0.15, 0.2) is 28.0 Å². The summed E-state index contributed by atoms with van der Waals surface area (Å²) >= 11 is 0.916. The summed E-state index contributed by atoms with van der Waals surface area (Å²) in [5.74, 6) is -1.21. The number of carboxylic acid groups (broad SMARTS) is 1. The highest BCUT2D eigenvalue weighted by molar-refractivity contribution is 7.89. The van der Waals surface area contributed by atoms with Crippen molar-refractivity contribution in [3.05, 3.63) is 28.0 Å². The number of hydrogen-bond donors (Lipinski definition) is 2. The second-order valence-electron chi connectivity index (χ2n) is 4.68. The molecule has 1 aromatic heterocycles. The molecule has 0 bridgehead atoms. The van der Waals surface area contributed by atoms with Gasteiger partial charge >= 0.3 is 5.97 Å². The lowest BCUT2D eigenvalue weighted by molar-refractivity contribution is 0.0698. The van der Waals surface area contributed by atoms with Gasteiger partial charge in [-0.25, -0.2) is 17.9 Å². The smallest absolute Gasteiger partial charge is 0.347 e. The minimum Gasteiger partial charge on any atom is -0.477 e. The van der Waals surface area contributed by atoms with Gasteiger partial charge in [0.2, 0.25) is 10.0 Å². The molecule has 0 aromatic carbocycles. The monoisotopic (exact) mass is 315 g/mol. The maximum Gasteiger partial charge on any atom is 0.347 e. The predicted octanol–water partition coefficient (Wildman–Crippen LogP) is 2.62. The molecule has 1 aromatic rings. The van der Waals surface area contributed by atoms with Gasteiger partial charge in [-0.05, 0) is 43.6 Å². The Morgan fingerprint density at radius 1 is 1.40 bits per heavy atom. The number of nitrogens with one attached hydrogen (secondary N) is 1. The lowest BCUT2D eigenvalue weighted by atomic mass is 9.97. The number of sulfonamides is 1. The van der Waals surface area contributed by atoms with Crippen molar-refractivity contribution in [1.82, 2.24) is 4.72 Å². The third kappa shape index (κ3) is 3.68. The summed E-state index contributed by atoms with van der Waals surface area (Å²) in [5, 5.41) is 10.4. The van der Waals surface area contributed by atoms with Crippen molar-refractivity contribution in [2.45, 2.75) is 37.0 Å². The molecule has 0 spiro atoms. The Morgan fingerprint density at radius 3 is 2.85 bits per heavy atom. The van der Waals surface area contributed by atoms with E-state index in [0.29, 0.717) is 13.0 Å². The number of hydrogen-bond acceptors (Lipinski definition) is 4. The first-order valence-electron chi connectivity index (χ1n) is 6.49. The van der Waals surface area contributed by atoms with Gasteiger partial charge in [-0.1, -0.05) is 11.6 Å². The first-order valence-corrected chi connectivity index (χ1v) is 8.85. The molecule has 0 atom stereocenters. The van der Waals surface area contributed by atoms with E-state index < -0.39 is 16.0 Å². The number of carboxylic acids is 1. The molecule has 1 heterocycles. The van der Waals surface area contributed by atoms with Gasteiger partial charge in [0.1, 0.15) is 9.77 Å². The van der Waals surface area contributed by atoms with Crippen LogP contribution in [-0.2, 0) is 10.0 Å². The summed E-state index contributed by atoms with van der Waals surface area (Å²) in [5.41, 5.74) is 1.28. The van der Waals surface area contributed by atoms with E-state index in [9.17, 15) is 13.2 Å². The van der Waals surface area contributed by atoms with Crippen molar-refractivity contribution in [2.24, 2.45) is 0 Å². The molecule has 5 nitrogen and oxygen atoms in total. The third-order valence-corrected chi connectivity index (χ3v) is 5.77. The average Bonchev–Trinajstić information content (AvgIpc) is 2.90. The van der Waals surface area contributed by atoms with Crippen molar-refractivity contribution < 1.29 is 18.3 Å². The number of allylic oxidation sites excluding steroid dienone is 1. The Morgan fingerprint density at radius 2 is 2.20 bits per heavy atom. The fraction of sp³-hybridized carbons (Fsp3) is 0.462. The minimum atomic E-state index is -3.74. The highest BCUT2D eigenvalue weighted by atomic mass is 32.2. The van der Waals surface area contributed by atoms with Crippen molar-refractivity contribution in [1.29, 1.82) is 0 Å². The third-order valence-electron chi connectivity index (χ3n) is 3.24. The lowest BCUT2D eigenvalue weighted by Gasteiger charge is -2.13. The Hall–Kier alpha value is -1.18. The van der Waals surface area contributed by atoms with Gasteiger partial charge in [-0.15, -0.1) is 11.3 Å². The van der Waals surface area contributed by atoms with Crippen molar-refractivity contribution in [2.75, 3.05) is 6.54 Å². The van der Waals surface area contributed by atoms with Gasteiger partial charge in [-0.3, -0.25) is 0 Å². The number of thiophene rings is 1. The molecule has 1 aliphatic carbocycles. The quantitative estimate of drug-likeness (QED) is 0.790. The second kappa shape index (κ2) is 6.51. The maximum atomic E-state index is 12.1. The van der Waals surface area contributed by atoms with Crippen LogP contribution in [0, 0.1) is 0 Å². The molecule has 0 aliphatic heterocycles. The van der Waals surface area contributed by atoms with Gasteiger partial charge in [0.15, 0.2) is 0 Å². The van der Waals surface area contributed by atoms with E-state index in [1.807, 2.05) is 0 Å². The molecular formula is C13H17NO4S2. The molecule has 1 aliphatic rings. The van der Waals surface area contributed by atoms with Crippen molar-refractivity contribution in [3.8, 4) is 0 Å². The maximum absolute atomic E-state index is 12.1. The van der Waals surface area contributed by atoms with Gasteiger partial charge in [0, 0.05) is 6.54 Å². The number of aromatic carboxylic acids is 1. The van der Waals surface area contributed by atoms with Gasteiger partial charge in [-0.2, -0.15) is 0 Å².